The van der Waals surface area contributed by atoms with Crippen molar-refractivity contribution >= 4 is 58.2 Å². The number of rotatable bonds is 3. The quantitative estimate of drug-likeness (QED) is 0.325. The maximum absolute atomic E-state index is 10.1. The van der Waals surface area contributed by atoms with Crippen molar-refractivity contribution in [3.8, 4) is 0 Å². The van der Waals surface area contributed by atoms with Crippen LogP contribution in [0.25, 0.3) is 0 Å². The molecule has 0 aliphatic heterocycles. The van der Waals surface area contributed by atoms with E-state index in [0.29, 0.717) is 0 Å². The maximum atomic E-state index is 10.1. The monoisotopic (exact) mass is 396 g/mol. The van der Waals surface area contributed by atoms with Gasteiger partial charge in [0.05, 0.1) is 0 Å². The van der Waals surface area contributed by atoms with Gasteiger partial charge in [0.2, 0.25) is 0 Å². The van der Waals surface area contributed by atoms with Gasteiger partial charge in [-0.25, -0.2) is 0 Å². The first kappa shape index (κ1) is 33.0. The van der Waals surface area contributed by atoms with E-state index in [4.69, 9.17) is 43.1 Å². The Labute approximate surface area is 129 Å². The van der Waals surface area contributed by atoms with E-state index in [1.807, 2.05) is 14.2 Å². The molecular weight excluding hydrogens is 396 g/mol. The van der Waals surface area contributed by atoms with E-state index in [9.17, 15) is 13.6 Å². The van der Waals surface area contributed by atoms with E-state index in [-0.39, 0.29) is 34.7 Å². The molecule has 0 amide bonds. The Morgan fingerprint density at radius 1 is 0.550 bits per heavy atom. The summed E-state index contributed by atoms with van der Waals surface area (Å²) < 4.78 is 62.6. The van der Waals surface area contributed by atoms with Gasteiger partial charge in [0.25, 0.3) is 0 Å². The molecule has 114 valence electrons. The van der Waals surface area contributed by atoms with Crippen molar-refractivity contribution in [2.24, 2.45) is 0 Å². The Morgan fingerprint density at radius 3 is 0.600 bits per heavy atom. The largest absolute Gasteiger partial charge is 3.00 e. The summed E-state index contributed by atoms with van der Waals surface area (Å²) in [4.78, 5) is 53.2. The summed E-state index contributed by atoms with van der Waals surface area (Å²) in [5.41, 5.74) is 0. The van der Waals surface area contributed by atoms with Crippen LogP contribution in [0, 0.1) is 0 Å². The van der Waals surface area contributed by atoms with Crippen molar-refractivity contribution in [2.75, 3.05) is 0 Å². The molecule has 0 atom stereocenters. The Bertz CT molecular complexity index is 277. The molecule has 0 spiro atoms. The van der Waals surface area contributed by atoms with Gasteiger partial charge in [-0.2, -0.15) is 14.2 Å². The van der Waals surface area contributed by atoms with E-state index < -0.39 is 23.5 Å². The van der Waals surface area contributed by atoms with Crippen LogP contribution in [0.3, 0.4) is 0 Å². The van der Waals surface area contributed by atoms with Crippen molar-refractivity contribution in [3.05, 3.63) is 0 Å². The van der Waals surface area contributed by atoms with E-state index in [2.05, 4.69) is 0 Å². The van der Waals surface area contributed by atoms with Crippen LogP contribution in [-0.4, -0.2) is 34.7 Å². The zero-order valence-corrected chi connectivity index (χ0v) is 13.5. The fourth-order valence-electron chi connectivity index (χ4n) is 0. The van der Waals surface area contributed by atoms with E-state index >= 15 is 0 Å². The van der Waals surface area contributed by atoms with Gasteiger partial charge in [-0.15, -0.1) is 0 Å². The first-order chi connectivity index (χ1) is 7.68. The van der Waals surface area contributed by atoms with Gasteiger partial charge in [0, 0.05) is 0 Å². The van der Waals surface area contributed by atoms with Crippen LogP contribution < -0.4 is 29.4 Å². The molecule has 0 aliphatic rings. The molecule has 0 aromatic rings. The molecule has 0 aromatic carbocycles. The summed E-state index contributed by atoms with van der Waals surface area (Å²) in [5, 5.41) is 0. The van der Waals surface area contributed by atoms with Crippen LogP contribution in [0.5, 0.6) is 0 Å². The molecule has 20 heteroatoms. The van der Waals surface area contributed by atoms with Crippen LogP contribution in [0.2, 0.25) is 0 Å². The standard InChI is InChI=1S/2Al.3FH2O4P/c;;3*1-5-6(2,3)4/h;;3*(H2,2,3,4)/q2*+3;;;/p-6. The number of hydrogen-bond acceptors (Lipinski definition) is 12. The Balaban J connectivity index is -0.0000000536. The zero-order valence-electron chi connectivity index (χ0n) is 8.53. The van der Waals surface area contributed by atoms with Crippen LogP contribution in [0.1, 0.15) is 0 Å². The van der Waals surface area contributed by atoms with Gasteiger partial charge < -0.3 is 43.1 Å². The molecule has 0 heterocycles. The molecule has 0 aromatic heterocycles. The molecule has 0 aliphatic carbocycles. The third kappa shape index (κ3) is 61.2. The van der Waals surface area contributed by atoms with Crippen molar-refractivity contribution in [1.82, 2.24) is 0 Å². The minimum atomic E-state index is -5.31. The van der Waals surface area contributed by atoms with Crippen molar-refractivity contribution in [1.29, 1.82) is 0 Å². The molecule has 0 bridgehead atoms. The Kier molecular flexibility index (Phi) is 24.9. The van der Waals surface area contributed by atoms with E-state index in [1.165, 1.54) is 0 Å². The van der Waals surface area contributed by atoms with Gasteiger partial charge in [-0.05, 0) is 13.6 Å². The first-order valence-corrected chi connectivity index (χ1v) is 7.04. The third-order valence-corrected chi connectivity index (χ3v) is 0.761. The molecule has 0 N–H and O–H groups in total. The summed E-state index contributed by atoms with van der Waals surface area (Å²) in [5.74, 6) is 0. The molecule has 12 nitrogen and oxygen atoms in total. The molecular formula is Al2F3O12P3. The Hall–Kier alpha value is 1.18. The number of phosphoric acid groups is 3. The molecule has 20 heavy (non-hydrogen) atoms. The molecule has 0 saturated carbocycles. The second kappa shape index (κ2) is 15.1. The summed E-state index contributed by atoms with van der Waals surface area (Å²) in [6.07, 6.45) is 0. The predicted octanol–water partition coefficient (Wildman–Crippen LogP) is -4.61. The molecule has 0 unspecified atom stereocenters. The summed E-state index contributed by atoms with van der Waals surface area (Å²) >= 11 is 0. The van der Waals surface area contributed by atoms with Crippen LogP contribution in [-0.2, 0) is 27.9 Å². The molecule has 0 rings (SSSR count). The van der Waals surface area contributed by atoms with Crippen molar-refractivity contribution in [3.63, 3.8) is 0 Å². The Morgan fingerprint density at radius 2 is 0.600 bits per heavy atom. The topological polar surface area (TPSA) is 217 Å². The number of halogens is 3. The molecule has 0 saturated heterocycles. The van der Waals surface area contributed by atoms with Crippen LogP contribution in [0.4, 0.5) is 13.6 Å². The van der Waals surface area contributed by atoms with Gasteiger partial charge in [0.15, 0.2) is 0 Å². The second-order valence-electron chi connectivity index (χ2n) is 1.55. The SMILES string of the molecule is O=P([O-])([O-])OF.O=P([O-])([O-])OF.O=P([O-])([O-])OF.[Al+3].[Al+3]. The minimum absolute atomic E-state index is 0. The van der Waals surface area contributed by atoms with Crippen LogP contribution in [0.15, 0.2) is 0 Å². The predicted molar refractivity (Wildman–Crippen MR) is 40.9 cm³/mol. The average molecular weight is 396 g/mol. The fourth-order valence-corrected chi connectivity index (χ4v) is 0. The first-order valence-electron chi connectivity index (χ1n) is 2.65. The third-order valence-electron chi connectivity index (χ3n) is 0.254. The van der Waals surface area contributed by atoms with E-state index in [0.717, 1.165) is 0 Å². The van der Waals surface area contributed by atoms with Gasteiger partial charge in [0.1, 0.15) is 23.5 Å². The fraction of sp³-hybridized carbons (Fsp3) is 0. The van der Waals surface area contributed by atoms with Gasteiger partial charge >= 0.3 is 34.7 Å². The summed E-state index contributed by atoms with van der Waals surface area (Å²) in [7, 11) is -15.9. The second-order valence-corrected chi connectivity index (χ2v) is 4.65. The minimum Gasteiger partial charge on any atom is -0.787 e. The average Bonchev–Trinajstić information content (AvgIpc) is 2.16. The normalized spacial score (nSPS) is 10.7. The zero-order chi connectivity index (χ0) is 15.6. The van der Waals surface area contributed by atoms with E-state index in [1.54, 1.807) is 0 Å². The number of hydrogen-bond donors (Lipinski definition) is 0. The van der Waals surface area contributed by atoms with Crippen LogP contribution >= 0.6 is 23.5 Å². The molecule has 0 radical (unpaired) electrons. The smallest absolute Gasteiger partial charge is 0.787 e. The summed E-state index contributed by atoms with van der Waals surface area (Å²) in [6, 6.07) is 0. The van der Waals surface area contributed by atoms with Crippen molar-refractivity contribution < 1.29 is 70.8 Å². The molecule has 0 fully saturated rings. The summed E-state index contributed by atoms with van der Waals surface area (Å²) in [6.45, 7) is 0. The van der Waals surface area contributed by atoms with Gasteiger partial charge in [-0.3, -0.25) is 0 Å². The van der Waals surface area contributed by atoms with Crippen molar-refractivity contribution in [2.45, 2.75) is 0 Å². The maximum Gasteiger partial charge on any atom is 3.00 e. The van der Waals surface area contributed by atoms with Gasteiger partial charge in [-0.1, -0.05) is 0 Å².